The quantitative estimate of drug-likeness (QED) is 0.813. The molecule has 0 spiro atoms. The third kappa shape index (κ3) is 2.22. The molecule has 1 amide bonds. The maximum atomic E-state index is 12.6. The fraction of sp³-hybridized carbons (Fsp3) is 0.312. The molecule has 0 unspecified atom stereocenters. The highest BCUT2D eigenvalue weighted by Gasteiger charge is 2.25. The lowest BCUT2D eigenvalue weighted by atomic mass is 10.1. The van der Waals surface area contributed by atoms with Gasteiger partial charge >= 0.3 is 0 Å². The van der Waals surface area contributed by atoms with Gasteiger partial charge in [0.05, 0.1) is 18.1 Å². The average Bonchev–Trinajstić information content (AvgIpc) is 2.99. The van der Waals surface area contributed by atoms with E-state index in [0.29, 0.717) is 32.9 Å². The molecule has 108 valence electrons. The van der Waals surface area contributed by atoms with Crippen molar-refractivity contribution in [3.8, 4) is 16.2 Å². The Kier molecular flexibility index (Phi) is 3.16. The summed E-state index contributed by atoms with van der Waals surface area (Å²) in [6.07, 6.45) is 0. The van der Waals surface area contributed by atoms with Crippen molar-refractivity contribution in [1.82, 2.24) is 4.90 Å². The number of rotatable bonds is 1. The van der Waals surface area contributed by atoms with Crippen LogP contribution in [0.15, 0.2) is 30.3 Å². The van der Waals surface area contributed by atoms with Crippen LogP contribution < -0.4 is 4.74 Å². The number of benzene rings is 1. The van der Waals surface area contributed by atoms with Gasteiger partial charge in [-0.25, -0.2) is 0 Å². The van der Waals surface area contributed by atoms with E-state index in [4.69, 9.17) is 9.47 Å². The molecule has 4 rings (SSSR count). The SMILES string of the molecule is O=C(c1cc2c(s1)-c1ccccc1OC2)N1CCOCC1. The maximum Gasteiger partial charge on any atom is 0.264 e. The van der Waals surface area contributed by atoms with Crippen molar-refractivity contribution in [2.75, 3.05) is 26.3 Å². The number of para-hydroxylation sites is 1. The summed E-state index contributed by atoms with van der Waals surface area (Å²) in [5.41, 5.74) is 2.19. The standard InChI is InChI=1S/C16H15NO3S/c18-16(17-5-7-19-8-6-17)14-9-11-10-20-13-4-2-1-3-12(13)15(11)21-14/h1-4,9H,5-8,10H2. The van der Waals surface area contributed by atoms with E-state index < -0.39 is 0 Å². The first kappa shape index (κ1) is 12.9. The van der Waals surface area contributed by atoms with E-state index in [2.05, 4.69) is 0 Å². The zero-order valence-corrected chi connectivity index (χ0v) is 12.3. The van der Waals surface area contributed by atoms with Gasteiger partial charge in [0.1, 0.15) is 12.4 Å². The predicted molar refractivity (Wildman–Crippen MR) is 80.8 cm³/mol. The molecule has 1 aromatic heterocycles. The Morgan fingerprint density at radius 3 is 2.86 bits per heavy atom. The lowest BCUT2D eigenvalue weighted by Crippen LogP contribution is -2.40. The van der Waals surface area contributed by atoms with E-state index in [1.54, 1.807) is 11.3 Å². The predicted octanol–water partition coefficient (Wildman–Crippen LogP) is 2.78. The zero-order valence-electron chi connectivity index (χ0n) is 11.5. The molecule has 2 aliphatic heterocycles. The van der Waals surface area contributed by atoms with Crippen LogP contribution in [-0.2, 0) is 11.3 Å². The van der Waals surface area contributed by atoms with Gasteiger partial charge in [-0.15, -0.1) is 11.3 Å². The van der Waals surface area contributed by atoms with Crippen molar-refractivity contribution in [3.05, 3.63) is 40.8 Å². The van der Waals surface area contributed by atoms with Crippen LogP contribution in [0, 0.1) is 0 Å². The topological polar surface area (TPSA) is 38.8 Å². The van der Waals surface area contributed by atoms with E-state index in [1.807, 2.05) is 35.2 Å². The number of nitrogens with zero attached hydrogens (tertiary/aromatic N) is 1. The number of carbonyl (C=O) groups excluding carboxylic acids is 1. The molecule has 0 atom stereocenters. The van der Waals surface area contributed by atoms with Gasteiger partial charge in [0.25, 0.3) is 5.91 Å². The molecule has 2 aliphatic rings. The first-order valence-electron chi connectivity index (χ1n) is 7.05. The van der Waals surface area contributed by atoms with Gasteiger partial charge in [-0.3, -0.25) is 4.79 Å². The number of fused-ring (bicyclic) bond motifs is 3. The highest BCUT2D eigenvalue weighted by atomic mass is 32.1. The molecular formula is C16H15NO3S. The van der Waals surface area contributed by atoms with E-state index in [0.717, 1.165) is 26.6 Å². The average molecular weight is 301 g/mol. The summed E-state index contributed by atoms with van der Waals surface area (Å²) >= 11 is 1.57. The Bertz CT molecular complexity index is 689. The molecule has 1 aromatic carbocycles. The van der Waals surface area contributed by atoms with Gasteiger partial charge in [0.15, 0.2) is 0 Å². The van der Waals surface area contributed by atoms with Crippen LogP contribution in [0.3, 0.4) is 0 Å². The van der Waals surface area contributed by atoms with Crippen molar-refractivity contribution in [1.29, 1.82) is 0 Å². The number of carbonyl (C=O) groups is 1. The smallest absolute Gasteiger partial charge is 0.264 e. The van der Waals surface area contributed by atoms with Crippen LogP contribution in [0.1, 0.15) is 15.2 Å². The lowest BCUT2D eigenvalue weighted by Gasteiger charge is -2.26. The van der Waals surface area contributed by atoms with Crippen LogP contribution in [-0.4, -0.2) is 37.1 Å². The van der Waals surface area contributed by atoms with E-state index >= 15 is 0 Å². The first-order valence-corrected chi connectivity index (χ1v) is 7.86. The van der Waals surface area contributed by atoms with Crippen LogP contribution in [0.5, 0.6) is 5.75 Å². The molecule has 5 heteroatoms. The highest BCUT2D eigenvalue weighted by Crippen LogP contribution is 2.42. The van der Waals surface area contributed by atoms with Crippen LogP contribution in [0.25, 0.3) is 10.4 Å². The number of thiophene rings is 1. The van der Waals surface area contributed by atoms with Gasteiger partial charge < -0.3 is 14.4 Å². The highest BCUT2D eigenvalue weighted by molar-refractivity contribution is 7.17. The van der Waals surface area contributed by atoms with Gasteiger partial charge in [0, 0.05) is 29.1 Å². The first-order chi connectivity index (χ1) is 10.3. The molecule has 0 aliphatic carbocycles. The van der Waals surface area contributed by atoms with Gasteiger partial charge in [0.2, 0.25) is 0 Å². The van der Waals surface area contributed by atoms with Crippen molar-refractivity contribution >= 4 is 17.2 Å². The van der Waals surface area contributed by atoms with Gasteiger partial charge in [-0.1, -0.05) is 12.1 Å². The molecule has 3 heterocycles. The Morgan fingerprint density at radius 2 is 2.00 bits per heavy atom. The third-order valence-electron chi connectivity index (χ3n) is 3.83. The summed E-state index contributed by atoms with van der Waals surface area (Å²) in [7, 11) is 0. The Morgan fingerprint density at radius 1 is 1.19 bits per heavy atom. The second-order valence-corrected chi connectivity index (χ2v) is 6.21. The van der Waals surface area contributed by atoms with Crippen molar-refractivity contribution in [2.45, 2.75) is 6.61 Å². The van der Waals surface area contributed by atoms with Gasteiger partial charge in [-0.05, 0) is 18.2 Å². The summed E-state index contributed by atoms with van der Waals surface area (Å²) in [4.78, 5) is 16.4. The number of morpholine rings is 1. The Balaban J connectivity index is 1.68. The molecule has 4 nitrogen and oxygen atoms in total. The molecule has 2 aromatic rings. The van der Waals surface area contributed by atoms with Crippen LogP contribution in [0.2, 0.25) is 0 Å². The largest absolute Gasteiger partial charge is 0.488 e. The van der Waals surface area contributed by atoms with Crippen molar-refractivity contribution in [2.24, 2.45) is 0 Å². The Labute approximate surface area is 126 Å². The van der Waals surface area contributed by atoms with Crippen molar-refractivity contribution in [3.63, 3.8) is 0 Å². The van der Waals surface area contributed by atoms with E-state index in [9.17, 15) is 4.79 Å². The molecular weight excluding hydrogens is 286 g/mol. The number of hydrogen-bond donors (Lipinski definition) is 0. The number of ether oxygens (including phenoxy) is 2. The summed E-state index contributed by atoms with van der Waals surface area (Å²) in [6.45, 7) is 3.15. The fourth-order valence-electron chi connectivity index (χ4n) is 2.73. The summed E-state index contributed by atoms with van der Waals surface area (Å²) in [5.74, 6) is 1.01. The van der Waals surface area contributed by atoms with Gasteiger partial charge in [-0.2, -0.15) is 0 Å². The minimum absolute atomic E-state index is 0.107. The van der Waals surface area contributed by atoms with E-state index in [-0.39, 0.29) is 5.91 Å². The second-order valence-electron chi connectivity index (χ2n) is 5.15. The lowest BCUT2D eigenvalue weighted by molar-refractivity contribution is 0.0306. The molecule has 1 fully saturated rings. The minimum atomic E-state index is 0.107. The molecule has 21 heavy (non-hydrogen) atoms. The monoisotopic (exact) mass is 301 g/mol. The van der Waals surface area contributed by atoms with E-state index in [1.165, 1.54) is 0 Å². The Hall–Kier alpha value is -1.85. The van der Waals surface area contributed by atoms with Crippen LogP contribution in [0.4, 0.5) is 0 Å². The number of hydrogen-bond acceptors (Lipinski definition) is 4. The normalized spacial score (nSPS) is 16.9. The summed E-state index contributed by atoms with van der Waals surface area (Å²) in [6, 6.07) is 9.97. The van der Waals surface area contributed by atoms with Crippen LogP contribution >= 0.6 is 11.3 Å². The maximum absolute atomic E-state index is 12.6. The molecule has 0 bridgehead atoms. The molecule has 1 saturated heterocycles. The molecule has 0 N–H and O–H groups in total. The fourth-order valence-corrected chi connectivity index (χ4v) is 3.89. The second kappa shape index (κ2) is 5.16. The minimum Gasteiger partial charge on any atom is -0.488 e. The molecule has 0 radical (unpaired) electrons. The number of amides is 1. The molecule has 0 saturated carbocycles. The third-order valence-corrected chi connectivity index (χ3v) is 5.03. The summed E-state index contributed by atoms with van der Waals surface area (Å²) in [5, 5.41) is 0. The zero-order chi connectivity index (χ0) is 14.2. The van der Waals surface area contributed by atoms with Crippen molar-refractivity contribution < 1.29 is 14.3 Å². The summed E-state index contributed by atoms with van der Waals surface area (Å²) < 4.78 is 11.1.